The monoisotopic (exact) mass is 142 g/mol. The molecule has 58 valence electrons. The Kier molecular flexibility index (Phi) is 4.85. The molecule has 0 aromatic heterocycles. The van der Waals surface area contributed by atoms with Gasteiger partial charge in [-0.2, -0.15) is 0 Å². The second kappa shape index (κ2) is 5.18. The van der Waals surface area contributed by atoms with Crippen LogP contribution in [0.5, 0.6) is 0 Å². The summed E-state index contributed by atoms with van der Waals surface area (Å²) in [6, 6.07) is 0. The normalized spacial score (nSPS) is 12.6. The lowest BCUT2D eigenvalue weighted by atomic mass is 10.1. The molecule has 10 heavy (non-hydrogen) atoms. The summed E-state index contributed by atoms with van der Waals surface area (Å²) in [6.07, 6.45) is 2.59. The van der Waals surface area contributed by atoms with E-state index in [1.807, 2.05) is 6.92 Å². The third-order valence-electron chi connectivity index (χ3n) is 1.29. The molecule has 0 rings (SSSR count). The number of carbonyl (C=O) groups excluding carboxylic acids is 1. The highest BCUT2D eigenvalue weighted by molar-refractivity contribution is 5.89. The molecular formula is C8H14O2. The molecule has 0 aliphatic rings. The van der Waals surface area contributed by atoms with Crippen molar-refractivity contribution in [2.45, 2.75) is 32.3 Å². The number of aliphatic hydroxyl groups excluding tert-OH is 1. The number of ketones is 1. The Hall–Kier alpha value is -0.630. The van der Waals surface area contributed by atoms with Crippen LogP contribution in [0.15, 0.2) is 12.7 Å². The largest absolute Gasteiger partial charge is 0.393 e. The average molecular weight is 142 g/mol. The Labute approximate surface area is 61.6 Å². The molecule has 0 aliphatic carbocycles. The van der Waals surface area contributed by atoms with Crippen molar-refractivity contribution in [3.05, 3.63) is 12.7 Å². The predicted octanol–water partition coefficient (Wildman–Crippen LogP) is 1.29. The van der Waals surface area contributed by atoms with Crippen molar-refractivity contribution in [2.24, 2.45) is 0 Å². The van der Waals surface area contributed by atoms with Gasteiger partial charge < -0.3 is 5.11 Å². The summed E-state index contributed by atoms with van der Waals surface area (Å²) >= 11 is 0. The molecule has 0 saturated carbocycles. The van der Waals surface area contributed by atoms with Crippen molar-refractivity contribution in [2.75, 3.05) is 0 Å². The van der Waals surface area contributed by atoms with E-state index in [1.165, 1.54) is 6.08 Å². The van der Waals surface area contributed by atoms with Gasteiger partial charge in [0.05, 0.1) is 6.10 Å². The first kappa shape index (κ1) is 9.37. The van der Waals surface area contributed by atoms with Crippen molar-refractivity contribution in [3.63, 3.8) is 0 Å². The van der Waals surface area contributed by atoms with Crippen LogP contribution in [-0.4, -0.2) is 17.0 Å². The van der Waals surface area contributed by atoms with Crippen molar-refractivity contribution in [1.82, 2.24) is 0 Å². The topological polar surface area (TPSA) is 37.3 Å². The SMILES string of the molecule is C=CC(=O)CC(O)CCC. The minimum absolute atomic E-state index is 0.0825. The maximum atomic E-state index is 10.6. The van der Waals surface area contributed by atoms with E-state index < -0.39 is 6.10 Å². The van der Waals surface area contributed by atoms with E-state index in [-0.39, 0.29) is 12.2 Å². The highest BCUT2D eigenvalue weighted by Gasteiger charge is 2.05. The standard InChI is InChI=1S/C8H14O2/c1-3-5-8(10)6-7(9)4-2/h4,8,10H,2-3,5-6H2,1H3. The van der Waals surface area contributed by atoms with Gasteiger partial charge >= 0.3 is 0 Å². The van der Waals surface area contributed by atoms with Crippen molar-refractivity contribution < 1.29 is 9.90 Å². The highest BCUT2D eigenvalue weighted by Crippen LogP contribution is 2.01. The molecule has 0 amide bonds. The Balaban J connectivity index is 3.46. The van der Waals surface area contributed by atoms with Crippen molar-refractivity contribution in [1.29, 1.82) is 0 Å². The summed E-state index contributed by atoms with van der Waals surface area (Å²) in [5, 5.41) is 9.08. The molecular weight excluding hydrogens is 128 g/mol. The lowest BCUT2D eigenvalue weighted by Gasteiger charge is -2.04. The van der Waals surface area contributed by atoms with Gasteiger partial charge in [0.2, 0.25) is 0 Å². The van der Waals surface area contributed by atoms with Crippen molar-refractivity contribution in [3.8, 4) is 0 Å². The van der Waals surface area contributed by atoms with Gasteiger partial charge in [-0.1, -0.05) is 19.9 Å². The van der Waals surface area contributed by atoms with E-state index in [1.54, 1.807) is 0 Å². The van der Waals surface area contributed by atoms with E-state index >= 15 is 0 Å². The first-order valence-electron chi connectivity index (χ1n) is 3.54. The Morgan fingerprint density at radius 2 is 2.40 bits per heavy atom. The van der Waals surface area contributed by atoms with Crippen LogP contribution in [0.25, 0.3) is 0 Å². The first-order chi connectivity index (χ1) is 4.70. The molecule has 0 aliphatic heterocycles. The quantitative estimate of drug-likeness (QED) is 0.587. The van der Waals surface area contributed by atoms with Gasteiger partial charge in [-0.3, -0.25) is 4.79 Å². The van der Waals surface area contributed by atoms with E-state index in [4.69, 9.17) is 5.11 Å². The van der Waals surface area contributed by atoms with Crippen LogP contribution in [0.1, 0.15) is 26.2 Å². The lowest BCUT2D eigenvalue weighted by Crippen LogP contribution is -2.10. The van der Waals surface area contributed by atoms with Crippen LogP contribution in [0, 0.1) is 0 Å². The van der Waals surface area contributed by atoms with Crippen LogP contribution in [0.2, 0.25) is 0 Å². The molecule has 0 radical (unpaired) electrons. The summed E-state index contributed by atoms with van der Waals surface area (Å²) in [5.41, 5.74) is 0. The maximum absolute atomic E-state index is 10.6. The third-order valence-corrected chi connectivity index (χ3v) is 1.29. The van der Waals surface area contributed by atoms with Gasteiger partial charge in [-0.15, -0.1) is 0 Å². The Morgan fingerprint density at radius 3 is 2.80 bits per heavy atom. The van der Waals surface area contributed by atoms with E-state index in [0.29, 0.717) is 6.42 Å². The second-order valence-electron chi connectivity index (χ2n) is 2.32. The fraction of sp³-hybridized carbons (Fsp3) is 0.625. The van der Waals surface area contributed by atoms with Gasteiger partial charge in [-0.25, -0.2) is 0 Å². The smallest absolute Gasteiger partial charge is 0.157 e. The molecule has 0 aromatic rings. The van der Waals surface area contributed by atoms with Gasteiger partial charge in [0.1, 0.15) is 0 Å². The summed E-state index contributed by atoms with van der Waals surface area (Å²) in [7, 11) is 0. The Morgan fingerprint density at radius 1 is 1.80 bits per heavy atom. The second-order valence-corrected chi connectivity index (χ2v) is 2.32. The summed E-state index contributed by atoms with van der Waals surface area (Å²) in [4.78, 5) is 10.6. The van der Waals surface area contributed by atoms with E-state index in [0.717, 1.165) is 6.42 Å². The summed E-state index contributed by atoms with van der Waals surface area (Å²) < 4.78 is 0. The summed E-state index contributed by atoms with van der Waals surface area (Å²) in [6.45, 7) is 5.29. The number of hydrogen-bond acceptors (Lipinski definition) is 2. The molecule has 1 atom stereocenters. The molecule has 0 aromatic carbocycles. The molecule has 0 spiro atoms. The predicted molar refractivity (Wildman–Crippen MR) is 40.7 cm³/mol. The Bertz CT molecular complexity index is 118. The van der Waals surface area contributed by atoms with Gasteiger partial charge in [0, 0.05) is 6.42 Å². The minimum Gasteiger partial charge on any atom is -0.393 e. The minimum atomic E-state index is -0.476. The van der Waals surface area contributed by atoms with Crippen LogP contribution < -0.4 is 0 Å². The summed E-state index contributed by atoms with van der Waals surface area (Å²) in [5.74, 6) is -0.0825. The van der Waals surface area contributed by atoms with Crippen molar-refractivity contribution >= 4 is 5.78 Å². The zero-order chi connectivity index (χ0) is 7.98. The molecule has 0 saturated heterocycles. The number of aliphatic hydroxyl groups is 1. The lowest BCUT2D eigenvalue weighted by molar-refractivity contribution is -0.116. The fourth-order valence-corrected chi connectivity index (χ4v) is 0.751. The number of hydrogen-bond donors (Lipinski definition) is 1. The highest BCUT2D eigenvalue weighted by atomic mass is 16.3. The molecule has 1 unspecified atom stereocenters. The average Bonchev–Trinajstić information content (AvgIpc) is 1.88. The molecule has 2 nitrogen and oxygen atoms in total. The van der Waals surface area contributed by atoms with E-state index in [9.17, 15) is 4.79 Å². The van der Waals surface area contributed by atoms with Crippen LogP contribution in [0.3, 0.4) is 0 Å². The molecule has 0 heterocycles. The fourth-order valence-electron chi connectivity index (χ4n) is 0.751. The van der Waals surface area contributed by atoms with Gasteiger partial charge in [0.15, 0.2) is 5.78 Å². The maximum Gasteiger partial charge on any atom is 0.157 e. The van der Waals surface area contributed by atoms with Gasteiger partial charge in [-0.05, 0) is 12.5 Å². The first-order valence-corrected chi connectivity index (χ1v) is 3.54. The zero-order valence-corrected chi connectivity index (χ0v) is 6.34. The molecule has 1 N–H and O–H groups in total. The zero-order valence-electron chi connectivity index (χ0n) is 6.34. The number of carbonyl (C=O) groups is 1. The van der Waals surface area contributed by atoms with Gasteiger partial charge in [0.25, 0.3) is 0 Å². The molecule has 0 fully saturated rings. The molecule has 2 heteroatoms. The third kappa shape index (κ3) is 4.27. The van der Waals surface area contributed by atoms with Crippen LogP contribution >= 0.6 is 0 Å². The van der Waals surface area contributed by atoms with E-state index in [2.05, 4.69) is 6.58 Å². The number of allylic oxidation sites excluding steroid dienone is 1. The van der Waals surface area contributed by atoms with Crippen LogP contribution in [-0.2, 0) is 4.79 Å². The number of rotatable bonds is 5. The molecule has 0 bridgehead atoms. The van der Waals surface area contributed by atoms with Crippen LogP contribution in [0.4, 0.5) is 0 Å².